The lowest BCUT2D eigenvalue weighted by molar-refractivity contribution is -0.132. The molecule has 0 bridgehead atoms. The van der Waals surface area contributed by atoms with Crippen molar-refractivity contribution in [2.75, 3.05) is 13.1 Å². The van der Waals surface area contributed by atoms with Gasteiger partial charge in [0.2, 0.25) is 5.91 Å². The predicted molar refractivity (Wildman–Crippen MR) is 68.1 cm³/mol. The van der Waals surface area contributed by atoms with Crippen LogP contribution in [0, 0.1) is 11.3 Å². The second-order valence-corrected chi connectivity index (χ2v) is 4.33. The summed E-state index contributed by atoms with van der Waals surface area (Å²) in [6.45, 7) is 0.771. The summed E-state index contributed by atoms with van der Waals surface area (Å²) in [5.41, 5.74) is 5.79. The van der Waals surface area contributed by atoms with Crippen LogP contribution in [-0.2, 0) is 4.79 Å². The highest BCUT2D eigenvalue weighted by molar-refractivity contribution is 5.83. The number of nitrogens with one attached hydrogen (secondary N) is 1. The average molecular weight is 266 g/mol. The van der Waals surface area contributed by atoms with E-state index in [0.29, 0.717) is 32.4 Å². The number of nitriles is 1. The highest BCUT2D eigenvalue weighted by Gasteiger charge is 2.27. The molecule has 0 aromatic carbocycles. The number of carbonyl (C=O) groups excluding carboxylic acids is 1. The molecule has 0 aromatic rings. The number of nitrogens with zero attached hydrogens (tertiary/aromatic N) is 2. The van der Waals surface area contributed by atoms with E-state index in [-0.39, 0.29) is 5.91 Å². The Morgan fingerprint density at radius 1 is 1.58 bits per heavy atom. The molecule has 0 spiro atoms. The van der Waals surface area contributed by atoms with Crippen molar-refractivity contribution in [3.8, 4) is 6.07 Å². The summed E-state index contributed by atoms with van der Waals surface area (Å²) in [5.74, 6) is -0.234. The zero-order valence-corrected chi connectivity index (χ0v) is 10.6. The van der Waals surface area contributed by atoms with Crippen molar-refractivity contribution in [3.05, 3.63) is 12.2 Å². The lowest BCUT2D eigenvalue weighted by Gasteiger charge is -2.23. The van der Waals surface area contributed by atoms with Gasteiger partial charge in [0.25, 0.3) is 0 Å². The molecule has 104 valence electrons. The van der Waals surface area contributed by atoms with Gasteiger partial charge < -0.3 is 21.1 Å². The number of unbranched alkanes of at least 4 members (excludes halogenated alkanes) is 1. The van der Waals surface area contributed by atoms with Crippen LogP contribution < -0.4 is 11.1 Å². The Kier molecular flexibility index (Phi) is 5.82. The molecular formula is C12H18N4O3. The minimum absolute atomic E-state index is 0.234. The van der Waals surface area contributed by atoms with Crippen LogP contribution in [0.4, 0.5) is 4.79 Å². The Hall–Kier alpha value is -2.07. The van der Waals surface area contributed by atoms with E-state index in [1.165, 1.54) is 4.90 Å². The van der Waals surface area contributed by atoms with Gasteiger partial charge in [-0.1, -0.05) is 6.08 Å². The van der Waals surface area contributed by atoms with Gasteiger partial charge in [-0.15, -0.1) is 0 Å². The lowest BCUT2D eigenvalue weighted by Crippen LogP contribution is -2.46. The molecule has 0 radical (unpaired) electrons. The molecule has 1 aliphatic heterocycles. The first kappa shape index (κ1) is 15.0. The quantitative estimate of drug-likeness (QED) is 0.463. The van der Waals surface area contributed by atoms with E-state index in [9.17, 15) is 9.59 Å². The average Bonchev–Trinajstić information content (AvgIpc) is 2.85. The highest BCUT2D eigenvalue weighted by atomic mass is 16.4. The first-order chi connectivity index (χ1) is 9.06. The Bertz CT molecular complexity index is 402. The first-order valence-electron chi connectivity index (χ1n) is 6.15. The summed E-state index contributed by atoms with van der Waals surface area (Å²) < 4.78 is 0. The summed E-state index contributed by atoms with van der Waals surface area (Å²) >= 11 is 0. The minimum Gasteiger partial charge on any atom is -0.465 e. The molecule has 0 aliphatic carbocycles. The van der Waals surface area contributed by atoms with Crippen molar-refractivity contribution in [1.29, 1.82) is 5.26 Å². The van der Waals surface area contributed by atoms with Crippen molar-refractivity contribution >= 4 is 12.0 Å². The van der Waals surface area contributed by atoms with Crippen LogP contribution in [0.1, 0.15) is 19.3 Å². The Labute approximate surface area is 111 Å². The zero-order chi connectivity index (χ0) is 14.3. The summed E-state index contributed by atoms with van der Waals surface area (Å²) in [6, 6.07) is 0.867. The predicted octanol–water partition coefficient (Wildman–Crippen LogP) is 0.0422. The molecule has 7 heteroatoms. The maximum Gasteiger partial charge on any atom is 0.404 e. The molecule has 2 amide bonds. The number of nitrogens with two attached hydrogens (primary N) is 1. The van der Waals surface area contributed by atoms with E-state index < -0.39 is 18.2 Å². The second kappa shape index (κ2) is 7.38. The van der Waals surface area contributed by atoms with Gasteiger partial charge in [0, 0.05) is 13.1 Å². The van der Waals surface area contributed by atoms with E-state index in [1.54, 1.807) is 12.2 Å². The van der Waals surface area contributed by atoms with E-state index in [0.717, 1.165) is 0 Å². The molecule has 2 atom stereocenters. The molecule has 4 N–H and O–H groups in total. The molecule has 19 heavy (non-hydrogen) atoms. The van der Waals surface area contributed by atoms with Gasteiger partial charge in [-0.05, 0) is 25.3 Å². The van der Waals surface area contributed by atoms with Crippen molar-refractivity contribution < 1.29 is 14.7 Å². The Morgan fingerprint density at radius 2 is 2.32 bits per heavy atom. The van der Waals surface area contributed by atoms with Crippen molar-refractivity contribution in [1.82, 2.24) is 10.2 Å². The summed E-state index contributed by atoms with van der Waals surface area (Å²) in [5, 5.41) is 19.5. The van der Waals surface area contributed by atoms with E-state index in [4.69, 9.17) is 16.1 Å². The number of hydrogen-bond acceptors (Lipinski definition) is 4. The molecule has 1 heterocycles. The normalized spacial score (nSPS) is 18.9. The molecule has 0 aromatic heterocycles. The van der Waals surface area contributed by atoms with Crippen LogP contribution >= 0.6 is 0 Å². The van der Waals surface area contributed by atoms with Gasteiger partial charge in [0.05, 0.1) is 12.1 Å². The third-order valence-corrected chi connectivity index (χ3v) is 2.91. The SMILES string of the molecule is N#CC1C=CCN1C(=O)C(N)CCCCNC(=O)O. The molecule has 1 aliphatic rings. The molecule has 2 unspecified atom stereocenters. The molecule has 0 saturated carbocycles. The fourth-order valence-electron chi connectivity index (χ4n) is 1.88. The zero-order valence-electron chi connectivity index (χ0n) is 10.6. The largest absolute Gasteiger partial charge is 0.465 e. The topological polar surface area (TPSA) is 119 Å². The van der Waals surface area contributed by atoms with Gasteiger partial charge in [0.15, 0.2) is 0 Å². The van der Waals surface area contributed by atoms with Crippen molar-refractivity contribution in [2.45, 2.75) is 31.3 Å². The molecule has 1 rings (SSSR count). The molecular weight excluding hydrogens is 248 g/mol. The van der Waals surface area contributed by atoms with Crippen LogP contribution in [0.2, 0.25) is 0 Å². The van der Waals surface area contributed by atoms with Gasteiger partial charge in [-0.3, -0.25) is 4.79 Å². The van der Waals surface area contributed by atoms with Crippen molar-refractivity contribution in [2.24, 2.45) is 5.73 Å². The maximum absolute atomic E-state index is 12.0. The monoisotopic (exact) mass is 266 g/mol. The van der Waals surface area contributed by atoms with Gasteiger partial charge in [0.1, 0.15) is 6.04 Å². The van der Waals surface area contributed by atoms with E-state index >= 15 is 0 Å². The smallest absolute Gasteiger partial charge is 0.404 e. The number of carboxylic acid groups (broad SMARTS) is 1. The summed E-state index contributed by atoms with van der Waals surface area (Å²) in [6.07, 6.45) is 4.17. The lowest BCUT2D eigenvalue weighted by atomic mass is 10.1. The second-order valence-electron chi connectivity index (χ2n) is 4.33. The Balaban J connectivity index is 2.26. The van der Waals surface area contributed by atoms with E-state index in [2.05, 4.69) is 5.32 Å². The van der Waals surface area contributed by atoms with Crippen LogP contribution in [0.25, 0.3) is 0 Å². The number of rotatable bonds is 6. The first-order valence-corrected chi connectivity index (χ1v) is 6.15. The van der Waals surface area contributed by atoms with Crippen LogP contribution in [-0.4, -0.2) is 47.2 Å². The fourth-order valence-corrected chi connectivity index (χ4v) is 1.88. The minimum atomic E-state index is -1.06. The van der Waals surface area contributed by atoms with Crippen molar-refractivity contribution in [3.63, 3.8) is 0 Å². The maximum atomic E-state index is 12.0. The van der Waals surface area contributed by atoms with Crippen LogP contribution in [0.15, 0.2) is 12.2 Å². The van der Waals surface area contributed by atoms with Gasteiger partial charge in [-0.25, -0.2) is 4.79 Å². The summed E-state index contributed by atoms with van der Waals surface area (Å²) in [7, 11) is 0. The highest BCUT2D eigenvalue weighted by Crippen LogP contribution is 2.12. The number of carbonyl (C=O) groups is 2. The number of amides is 2. The Morgan fingerprint density at radius 3 is 2.95 bits per heavy atom. The van der Waals surface area contributed by atoms with Crippen LogP contribution in [0.3, 0.4) is 0 Å². The van der Waals surface area contributed by atoms with Crippen LogP contribution in [0.5, 0.6) is 0 Å². The molecule has 0 saturated heterocycles. The third kappa shape index (κ3) is 4.60. The van der Waals surface area contributed by atoms with Gasteiger partial charge >= 0.3 is 6.09 Å². The number of hydrogen-bond donors (Lipinski definition) is 3. The summed E-state index contributed by atoms with van der Waals surface area (Å²) in [4.78, 5) is 23.6. The molecule has 0 fully saturated rings. The van der Waals surface area contributed by atoms with Gasteiger partial charge in [-0.2, -0.15) is 5.26 Å². The molecule has 7 nitrogen and oxygen atoms in total. The third-order valence-electron chi connectivity index (χ3n) is 2.91. The fraction of sp³-hybridized carbons (Fsp3) is 0.583. The standard InChI is InChI=1S/C12H18N4O3/c13-8-9-4-3-7-16(9)11(17)10(14)5-1-2-6-15-12(18)19/h3-4,9-10,15H,1-2,5-7,14H2,(H,18,19). The van der Waals surface area contributed by atoms with E-state index in [1.807, 2.05) is 6.07 Å².